The second-order valence-corrected chi connectivity index (χ2v) is 7.01. The van der Waals surface area contributed by atoms with E-state index in [1.807, 2.05) is 0 Å². The number of rotatable bonds is 3. The molecule has 0 saturated carbocycles. The SMILES string of the molecule is CC(N)C(c1cccc(Br)c1)N1CCC(C)C(C)C1. The summed E-state index contributed by atoms with van der Waals surface area (Å²) < 4.78 is 1.13. The molecular weight excluding hydrogens is 300 g/mol. The van der Waals surface area contributed by atoms with Gasteiger partial charge in [0.2, 0.25) is 0 Å². The zero-order chi connectivity index (χ0) is 14.0. The molecule has 1 aromatic rings. The predicted octanol–water partition coefficient (Wildman–Crippen LogP) is 3.82. The van der Waals surface area contributed by atoms with E-state index in [1.54, 1.807) is 0 Å². The van der Waals surface area contributed by atoms with E-state index in [1.165, 1.54) is 12.0 Å². The predicted molar refractivity (Wildman–Crippen MR) is 85.1 cm³/mol. The van der Waals surface area contributed by atoms with Crippen molar-refractivity contribution in [2.45, 2.75) is 39.3 Å². The maximum atomic E-state index is 6.27. The fourth-order valence-electron chi connectivity index (χ4n) is 3.09. The summed E-state index contributed by atoms with van der Waals surface area (Å²) in [5, 5.41) is 0. The fourth-order valence-corrected chi connectivity index (χ4v) is 3.50. The van der Waals surface area contributed by atoms with Crippen LogP contribution < -0.4 is 5.73 Å². The molecule has 1 aromatic carbocycles. The van der Waals surface area contributed by atoms with Crippen molar-refractivity contribution in [2.24, 2.45) is 17.6 Å². The lowest BCUT2D eigenvalue weighted by atomic mass is 9.86. The highest BCUT2D eigenvalue weighted by Crippen LogP contribution is 2.32. The van der Waals surface area contributed by atoms with E-state index in [0.717, 1.165) is 29.4 Å². The molecule has 2 N–H and O–H groups in total. The third-order valence-electron chi connectivity index (χ3n) is 4.45. The second kappa shape index (κ2) is 6.38. The highest BCUT2D eigenvalue weighted by Gasteiger charge is 2.30. The van der Waals surface area contributed by atoms with Crippen LogP contribution in [0.25, 0.3) is 0 Å². The molecule has 0 radical (unpaired) electrons. The minimum Gasteiger partial charge on any atom is -0.326 e. The monoisotopic (exact) mass is 324 g/mol. The normalized spacial score (nSPS) is 28.1. The van der Waals surface area contributed by atoms with Gasteiger partial charge in [-0.25, -0.2) is 0 Å². The molecule has 1 saturated heterocycles. The molecule has 1 heterocycles. The smallest absolute Gasteiger partial charge is 0.0496 e. The van der Waals surface area contributed by atoms with Crippen LogP contribution in [0.5, 0.6) is 0 Å². The first-order valence-corrected chi connectivity index (χ1v) is 8.03. The standard InChI is InChI=1S/C16H25BrN2/c1-11-7-8-19(10-12(11)2)16(13(3)18)14-5-4-6-15(17)9-14/h4-6,9,11-13,16H,7-8,10,18H2,1-3H3. The maximum Gasteiger partial charge on any atom is 0.0496 e. The van der Waals surface area contributed by atoms with Crippen LogP contribution in [0.2, 0.25) is 0 Å². The topological polar surface area (TPSA) is 29.3 Å². The molecule has 0 aliphatic carbocycles. The van der Waals surface area contributed by atoms with Gasteiger partial charge in [0.25, 0.3) is 0 Å². The van der Waals surface area contributed by atoms with E-state index in [9.17, 15) is 0 Å². The molecule has 4 unspecified atom stereocenters. The van der Waals surface area contributed by atoms with Crippen molar-refractivity contribution in [1.29, 1.82) is 0 Å². The van der Waals surface area contributed by atoms with Crippen LogP contribution in [0.15, 0.2) is 28.7 Å². The number of piperidine rings is 1. The van der Waals surface area contributed by atoms with Gasteiger partial charge in [-0.3, -0.25) is 4.90 Å². The summed E-state index contributed by atoms with van der Waals surface area (Å²) in [5.74, 6) is 1.58. The maximum absolute atomic E-state index is 6.27. The third-order valence-corrected chi connectivity index (χ3v) is 4.94. The summed E-state index contributed by atoms with van der Waals surface area (Å²) in [5.41, 5.74) is 7.60. The molecule has 1 fully saturated rings. The van der Waals surface area contributed by atoms with E-state index >= 15 is 0 Å². The summed E-state index contributed by atoms with van der Waals surface area (Å²) in [6.45, 7) is 9.15. The van der Waals surface area contributed by atoms with Crippen LogP contribution in [0.4, 0.5) is 0 Å². The summed E-state index contributed by atoms with van der Waals surface area (Å²) in [6, 6.07) is 9.05. The van der Waals surface area contributed by atoms with Crippen molar-refractivity contribution in [3.8, 4) is 0 Å². The lowest BCUT2D eigenvalue weighted by molar-refractivity contribution is 0.0851. The number of benzene rings is 1. The summed E-state index contributed by atoms with van der Waals surface area (Å²) in [7, 11) is 0. The zero-order valence-electron chi connectivity index (χ0n) is 12.1. The Hall–Kier alpha value is -0.380. The lowest BCUT2D eigenvalue weighted by Crippen LogP contribution is -2.46. The van der Waals surface area contributed by atoms with Gasteiger partial charge in [0, 0.05) is 23.1 Å². The Kier molecular flexibility index (Phi) is 5.04. The lowest BCUT2D eigenvalue weighted by Gasteiger charge is -2.42. The Morgan fingerprint density at radius 3 is 2.63 bits per heavy atom. The first kappa shape index (κ1) is 15.0. The number of halogens is 1. The third kappa shape index (κ3) is 3.59. The molecule has 1 aliphatic rings. The highest BCUT2D eigenvalue weighted by molar-refractivity contribution is 9.10. The van der Waals surface area contributed by atoms with E-state index in [0.29, 0.717) is 6.04 Å². The minimum atomic E-state index is 0.148. The van der Waals surface area contributed by atoms with Crippen LogP contribution in [-0.2, 0) is 0 Å². The van der Waals surface area contributed by atoms with Crippen molar-refractivity contribution in [2.75, 3.05) is 13.1 Å². The quantitative estimate of drug-likeness (QED) is 0.915. The molecular formula is C16H25BrN2. The first-order valence-electron chi connectivity index (χ1n) is 7.24. The van der Waals surface area contributed by atoms with Crippen LogP contribution in [0.3, 0.4) is 0 Å². The molecule has 0 amide bonds. The molecule has 0 bridgehead atoms. The van der Waals surface area contributed by atoms with Gasteiger partial charge in [-0.1, -0.05) is 41.9 Å². The van der Waals surface area contributed by atoms with E-state index in [4.69, 9.17) is 5.73 Å². The van der Waals surface area contributed by atoms with Crippen LogP contribution >= 0.6 is 15.9 Å². The van der Waals surface area contributed by atoms with Crippen molar-refractivity contribution < 1.29 is 0 Å². The van der Waals surface area contributed by atoms with Gasteiger partial charge in [-0.15, -0.1) is 0 Å². The second-order valence-electron chi connectivity index (χ2n) is 6.10. The number of hydrogen-bond acceptors (Lipinski definition) is 2. The Bertz CT molecular complexity index is 419. The highest BCUT2D eigenvalue weighted by atomic mass is 79.9. The fraction of sp³-hybridized carbons (Fsp3) is 0.625. The van der Waals surface area contributed by atoms with Crippen LogP contribution in [0, 0.1) is 11.8 Å². The number of hydrogen-bond donors (Lipinski definition) is 1. The van der Waals surface area contributed by atoms with Crippen LogP contribution in [-0.4, -0.2) is 24.0 Å². The average Bonchev–Trinajstić information content (AvgIpc) is 2.33. The molecule has 106 valence electrons. The van der Waals surface area contributed by atoms with Gasteiger partial charge in [-0.2, -0.15) is 0 Å². The van der Waals surface area contributed by atoms with E-state index < -0.39 is 0 Å². The molecule has 0 aromatic heterocycles. The summed E-state index contributed by atoms with van der Waals surface area (Å²) in [6.07, 6.45) is 1.28. The number of likely N-dealkylation sites (tertiary alicyclic amines) is 1. The van der Waals surface area contributed by atoms with Crippen molar-refractivity contribution in [1.82, 2.24) is 4.90 Å². The van der Waals surface area contributed by atoms with Gasteiger partial charge in [0.15, 0.2) is 0 Å². The minimum absolute atomic E-state index is 0.148. The van der Waals surface area contributed by atoms with Gasteiger partial charge in [0.1, 0.15) is 0 Å². The molecule has 19 heavy (non-hydrogen) atoms. The van der Waals surface area contributed by atoms with Gasteiger partial charge in [-0.05, 0) is 49.4 Å². The Morgan fingerprint density at radius 2 is 2.05 bits per heavy atom. The Morgan fingerprint density at radius 1 is 1.32 bits per heavy atom. The molecule has 2 rings (SSSR count). The van der Waals surface area contributed by atoms with Gasteiger partial charge >= 0.3 is 0 Å². The van der Waals surface area contributed by atoms with E-state index in [-0.39, 0.29) is 6.04 Å². The largest absolute Gasteiger partial charge is 0.326 e. The number of nitrogens with two attached hydrogens (primary N) is 1. The van der Waals surface area contributed by atoms with Gasteiger partial charge < -0.3 is 5.73 Å². The van der Waals surface area contributed by atoms with Gasteiger partial charge in [0.05, 0.1) is 0 Å². The molecule has 4 atom stereocenters. The van der Waals surface area contributed by atoms with E-state index in [2.05, 4.69) is 65.9 Å². The molecule has 2 nitrogen and oxygen atoms in total. The van der Waals surface area contributed by atoms with Crippen molar-refractivity contribution in [3.05, 3.63) is 34.3 Å². The van der Waals surface area contributed by atoms with Crippen molar-refractivity contribution >= 4 is 15.9 Å². The molecule has 1 aliphatic heterocycles. The molecule has 0 spiro atoms. The first-order chi connectivity index (χ1) is 8.99. The molecule has 3 heteroatoms. The summed E-state index contributed by atoms with van der Waals surface area (Å²) >= 11 is 3.57. The van der Waals surface area contributed by atoms with Crippen LogP contribution in [0.1, 0.15) is 38.8 Å². The number of nitrogens with zero attached hydrogens (tertiary/aromatic N) is 1. The van der Waals surface area contributed by atoms with Crippen molar-refractivity contribution in [3.63, 3.8) is 0 Å². The summed E-state index contributed by atoms with van der Waals surface area (Å²) in [4.78, 5) is 2.57. The zero-order valence-corrected chi connectivity index (χ0v) is 13.7. The Labute approximate surface area is 125 Å². The average molecular weight is 325 g/mol. The Balaban J connectivity index is 2.21.